The number of benzene rings is 1. The monoisotopic (exact) mass is 278 g/mol. The molecule has 4 nitrogen and oxygen atoms in total. The van der Waals surface area contributed by atoms with E-state index in [1.165, 1.54) is 12.8 Å². The molecule has 1 saturated heterocycles. The lowest BCUT2D eigenvalue weighted by Gasteiger charge is -2.34. The summed E-state index contributed by atoms with van der Waals surface area (Å²) in [5, 5.41) is 0. The van der Waals surface area contributed by atoms with Crippen molar-refractivity contribution in [3.63, 3.8) is 0 Å². The molecule has 0 aliphatic carbocycles. The quantitative estimate of drug-likeness (QED) is 0.866. The molecule has 0 saturated carbocycles. The Labute approximate surface area is 121 Å². The van der Waals surface area contributed by atoms with Crippen molar-refractivity contribution in [3.05, 3.63) is 29.8 Å². The molecular formula is C16H26N2O2. The molecule has 1 aliphatic rings. The topological polar surface area (TPSA) is 47.7 Å². The second-order valence-corrected chi connectivity index (χ2v) is 5.36. The fourth-order valence-corrected chi connectivity index (χ4v) is 2.81. The Morgan fingerprint density at radius 1 is 1.45 bits per heavy atom. The Morgan fingerprint density at radius 3 is 3.05 bits per heavy atom. The van der Waals surface area contributed by atoms with E-state index in [0.29, 0.717) is 6.10 Å². The van der Waals surface area contributed by atoms with Crippen LogP contribution in [0.5, 0.6) is 5.75 Å². The molecule has 1 aliphatic heterocycles. The summed E-state index contributed by atoms with van der Waals surface area (Å²) >= 11 is 0. The molecule has 4 heteroatoms. The van der Waals surface area contributed by atoms with Gasteiger partial charge in [0.2, 0.25) is 0 Å². The summed E-state index contributed by atoms with van der Waals surface area (Å²) in [5.41, 5.74) is 7.46. The first kappa shape index (κ1) is 15.3. The van der Waals surface area contributed by atoms with Gasteiger partial charge in [0.05, 0.1) is 13.2 Å². The molecule has 20 heavy (non-hydrogen) atoms. The summed E-state index contributed by atoms with van der Waals surface area (Å²) in [4.78, 5) is 2.41. The molecule has 1 heterocycles. The summed E-state index contributed by atoms with van der Waals surface area (Å²) < 4.78 is 11.0. The van der Waals surface area contributed by atoms with Crippen LogP contribution < -0.4 is 10.5 Å². The van der Waals surface area contributed by atoms with E-state index in [1.807, 2.05) is 18.2 Å². The smallest absolute Gasteiger partial charge is 0.119 e. The first-order valence-electron chi connectivity index (χ1n) is 7.46. The molecule has 1 aromatic carbocycles. The molecule has 2 N–H and O–H groups in total. The standard InChI is InChI=1S/C16H26N2O2/c1-3-20-15-8-5-9-18(11-15)12-16(17)13-6-4-7-14(10-13)19-2/h4,6-7,10,15-16H,3,5,8-9,11-12,17H2,1-2H3. The van der Waals surface area contributed by atoms with Gasteiger partial charge in [-0.25, -0.2) is 0 Å². The molecule has 0 spiro atoms. The van der Waals surface area contributed by atoms with Crippen molar-refractivity contribution in [2.75, 3.05) is 33.4 Å². The van der Waals surface area contributed by atoms with Crippen LogP contribution in [-0.4, -0.2) is 44.4 Å². The second-order valence-electron chi connectivity index (χ2n) is 5.36. The van der Waals surface area contributed by atoms with Crippen LogP contribution in [0.25, 0.3) is 0 Å². The van der Waals surface area contributed by atoms with Crippen molar-refractivity contribution in [2.24, 2.45) is 5.73 Å². The number of likely N-dealkylation sites (tertiary alicyclic amines) is 1. The highest BCUT2D eigenvalue weighted by atomic mass is 16.5. The molecule has 2 atom stereocenters. The Bertz CT molecular complexity index is 409. The average molecular weight is 278 g/mol. The molecule has 2 rings (SSSR count). The number of methoxy groups -OCH3 is 1. The summed E-state index contributed by atoms with van der Waals surface area (Å²) in [7, 11) is 1.68. The first-order chi connectivity index (χ1) is 9.72. The normalized spacial score (nSPS) is 21.6. The van der Waals surface area contributed by atoms with Gasteiger partial charge in [0.25, 0.3) is 0 Å². The number of hydrogen-bond acceptors (Lipinski definition) is 4. The van der Waals surface area contributed by atoms with E-state index in [0.717, 1.165) is 37.6 Å². The van der Waals surface area contributed by atoms with Crippen molar-refractivity contribution in [1.29, 1.82) is 0 Å². The molecule has 0 radical (unpaired) electrons. The van der Waals surface area contributed by atoms with Gasteiger partial charge >= 0.3 is 0 Å². The maximum Gasteiger partial charge on any atom is 0.119 e. The lowest BCUT2D eigenvalue weighted by atomic mass is 10.0. The predicted octanol–water partition coefficient (Wildman–Crippen LogP) is 2.20. The average Bonchev–Trinajstić information content (AvgIpc) is 2.48. The van der Waals surface area contributed by atoms with Gasteiger partial charge in [0.15, 0.2) is 0 Å². The number of nitrogens with two attached hydrogens (primary N) is 1. The van der Waals surface area contributed by atoms with E-state index in [-0.39, 0.29) is 6.04 Å². The van der Waals surface area contributed by atoms with Crippen molar-refractivity contribution in [2.45, 2.75) is 31.9 Å². The van der Waals surface area contributed by atoms with E-state index < -0.39 is 0 Å². The molecule has 0 amide bonds. The first-order valence-corrected chi connectivity index (χ1v) is 7.46. The second kappa shape index (κ2) is 7.62. The van der Waals surface area contributed by atoms with Crippen LogP contribution in [0.3, 0.4) is 0 Å². The Balaban J connectivity index is 1.91. The molecule has 1 fully saturated rings. The van der Waals surface area contributed by atoms with Crippen LogP contribution in [-0.2, 0) is 4.74 Å². The fraction of sp³-hybridized carbons (Fsp3) is 0.625. The third kappa shape index (κ3) is 4.20. The van der Waals surface area contributed by atoms with Gasteiger partial charge in [0, 0.05) is 25.7 Å². The largest absolute Gasteiger partial charge is 0.497 e. The number of nitrogens with zero attached hydrogens (tertiary/aromatic N) is 1. The summed E-state index contributed by atoms with van der Waals surface area (Å²) in [6, 6.07) is 8.05. The van der Waals surface area contributed by atoms with Crippen LogP contribution in [0.15, 0.2) is 24.3 Å². The number of rotatable bonds is 6. The summed E-state index contributed by atoms with van der Waals surface area (Å²) in [6.45, 7) is 5.82. The Morgan fingerprint density at radius 2 is 2.30 bits per heavy atom. The van der Waals surface area contributed by atoms with E-state index in [4.69, 9.17) is 15.2 Å². The van der Waals surface area contributed by atoms with Gasteiger partial charge in [0.1, 0.15) is 5.75 Å². The predicted molar refractivity (Wildman–Crippen MR) is 81.0 cm³/mol. The fourth-order valence-electron chi connectivity index (χ4n) is 2.81. The van der Waals surface area contributed by atoms with Gasteiger partial charge in [-0.2, -0.15) is 0 Å². The van der Waals surface area contributed by atoms with Crippen molar-refractivity contribution in [1.82, 2.24) is 4.90 Å². The third-order valence-corrected chi connectivity index (χ3v) is 3.84. The highest BCUT2D eigenvalue weighted by molar-refractivity contribution is 5.30. The van der Waals surface area contributed by atoms with Crippen LogP contribution in [0.4, 0.5) is 0 Å². The van der Waals surface area contributed by atoms with Crippen LogP contribution >= 0.6 is 0 Å². The van der Waals surface area contributed by atoms with E-state index in [9.17, 15) is 0 Å². The number of hydrogen-bond donors (Lipinski definition) is 1. The molecule has 112 valence electrons. The van der Waals surface area contributed by atoms with Crippen molar-refractivity contribution in [3.8, 4) is 5.75 Å². The highest BCUT2D eigenvalue weighted by Crippen LogP contribution is 2.20. The maximum absolute atomic E-state index is 6.33. The maximum atomic E-state index is 6.33. The van der Waals surface area contributed by atoms with E-state index in [2.05, 4.69) is 17.9 Å². The van der Waals surface area contributed by atoms with Crippen molar-refractivity contribution < 1.29 is 9.47 Å². The number of ether oxygens (including phenoxy) is 2. The summed E-state index contributed by atoms with van der Waals surface area (Å²) in [5.74, 6) is 0.865. The van der Waals surface area contributed by atoms with Crippen LogP contribution in [0.2, 0.25) is 0 Å². The van der Waals surface area contributed by atoms with Gasteiger partial charge in [-0.1, -0.05) is 12.1 Å². The van der Waals surface area contributed by atoms with Crippen LogP contribution in [0.1, 0.15) is 31.4 Å². The molecule has 1 aromatic rings. The molecular weight excluding hydrogens is 252 g/mol. The number of piperidine rings is 1. The van der Waals surface area contributed by atoms with Gasteiger partial charge in [-0.15, -0.1) is 0 Å². The van der Waals surface area contributed by atoms with Gasteiger partial charge in [-0.05, 0) is 44.0 Å². The van der Waals surface area contributed by atoms with Gasteiger partial charge < -0.3 is 15.2 Å². The zero-order valence-electron chi connectivity index (χ0n) is 12.5. The lowest BCUT2D eigenvalue weighted by molar-refractivity contribution is 0.00449. The zero-order chi connectivity index (χ0) is 14.4. The molecule has 2 unspecified atom stereocenters. The lowest BCUT2D eigenvalue weighted by Crippen LogP contribution is -2.42. The molecule has 0 bridgehead atoms. The minimum atomic E-state index is 0.0190. The Kier molecular flexibility index (Phi) is 5.83. The SMILES string of the molecule is CCOC1CCCN(CC(N)c2cccc(OC)c2)C1. The van der Waals surface area contributed by atoms with Crippen LogP contribution in [0, 0.1) is 0 Å². The van der Waals surface area contributed by atoms with E-state index in [1.54, 1.807) is 7.11 Å². The minimum absolute atomic E-state index is 0.0190. The van der Waals surface area contributed by atoms with E-state index >= 15 is 0 Å². The Hall–Kier alpha value is -1.10. The summed E-state index contributed by atoms with van der Waals surface area (Å²) in [6.07, 6.45) is 2.72. The minimum Gasteiger partial charge on any atom is -0.497 e. The highest BCUT2D eigenvalue weighted by Gasteiger charge is 2.22. The van der Waals surface area contributed by atoms with Crippen molar-refractivity contribution >= 4 is 0 Å². The van der Waals surface area contributed by atoms with Gasteiger partial charge in [-0.3, -0.25) is 4.90 Å². The molecule has 0 aromatic heterocycles. The third-order valence-electron chi connectivity index (χ3n) is 3.84. The zero-order valence-corrected chi connectivity index (χ0v) is 12.5.